The van der Waals surface area contributed by atoms with Crippen molar-refractivity contribution in [2.75, 3.05) is 6.61 Å². The summed E-state index contributed by atoms with van der Waals surface area (Å²) >= 11 is 0. The van der Waals surface area contributed by atoms with Crippen LogP contribution in [0.2, 0.25) is 0 Å². The molecular weight excluding hydrogens is 168 g/mol. The van der Waals surface area contributed by atoms with Gasteiger partial charge < -0.3 is 9.84 Å². The Balaban J connectivity index is 2.53. The Morgan fingerprint density at radius 2 is 2.08 bits per heavy atom. The first-order valence-corrected chi connectivity index (χ1v) is 4.26. The highest BCUT2D eigenvalue weighted by molar-refractivity contribution is 6.00. The fourth-order valence-electron chi connectivity index (χ4n) is 1.00. The van der Waals surface area contributed by atoms with Crippen molar-refractivity contribution in [2.45, 2.75) is 25.6 Å². The van der Waals surface area contributed by atoms with E-state index < -0.39 is 11.7 Å². The molecule has 1 rings (SSSR count). The van der Waals surface area contributed by atoms with Crippen LogP contribution in [-0.4, -0.2) is 29.2 Å². The van der Waals surface area contributed by atoms with Gasteiger partial charge in [0.1, 0.15) is 5.60 Å². The van der Waals surface area contributed by atoms with Gasteiger partial charge in [0, 0.05) is 0 Å². The number of carbonyl (C=O) groups is 1. The summed E-state index contributed by atoms with van der Waals surface area (Å²) in [6, 6.07) is 0. The Labute approximate surface area is 77.7 Å². The number of aliphatic hydroxyl groups excluding tert-OH is 1. The summed E-state index contributed by atoms with van der Waals surface area (Å²) in [7, 11) is 0. The van der Waals surface area contributed by atoms with E-state index in [1.165, 1.54) is 12.2 Å². The Morgan fingerprint density at radius 3 is 2.54 bits per heavy atom. The van der Waals surface area contributed by atoms with Crippen LogP contribution in [0.25, 0.3) is 0 Å². The zero-order valence-corrected chi connectivity index (χ0v) is 7.86. The Hall–Kier alpha value is -0.930. The number of ketones is 1. The first kappa shape index (κ1) is 10.2. The first-order valence-electron chi connectivity index (χ1n) is 4.26. The van der Waals surface area contributed by atoms with Gasteiger partial charge in [-0.2, -0.15) is 0 Å². The van der Waals surface area contributed by atoms with E-state index in [0.717, 1.165) is 0 Å². The van der Waals surface area contributed by atoms with Gasteiger partial charge in [-0.1, -0.05) is 0 Å². The number of hydrogen-bond acceptors (Lipinski definition) is 3. The van der Waals surface area contributed by atoms with Crippen LogP contribution in [0.4, 0.5) is 0 Å². The molecule has 0 aromatic carbocycles. The maximum Gasteiger partial charge on any atom is 0.178 e. The predicted octanol–water partition coefficient (Wildman–Crippen LogP) is 0.838. The highest BCUT2D eigenvalue weighted by Gasteiger charge is 2.21. The van der Waals surface area contributed by atoms with Gasteiger partial charge in [-0.25, -0.2) is 0 Å². The van der Waals surface area contributed by atoms with Crippen LogP contribution < -0.4 is 0 Å². The minimum atomic E-state index is -0.551. The highest BCUT2D eigenvalue weighted by Crippen LogP contribution is 2.18. The van der Waals surface area contributed by atoms with Gasteiger partial charge in [-0.05, 0) is 38.2 Å². The molecule has 1 aliphatic carbocycles. The molecule has 0 amide bonds. The number of hydrogen-bond donors (Lipinski definition) is 1. The van der Waals surface area contributed by atoms with Crippen LogP contribution in [0.15, 0.2) is 24.3 Å². The van der Waals surface area contributed by atoms with Crippen molar-refractivity contribution in [1.29, 1.82) is 0 Å². The van der Waals surface area contributed by atoms with E-state index in [9.17, 15) is 4.79 Å². The standard InChI is InChI=1S/C10H14O3/c1-8(11)7-13-10(2)5-3-9(12)4-6-10/h3-6,8,11H,7H2,1-2H3/t8-/m1/s1. The van der Waals surface area contributed by atoms with E-state index in [-0.39, 0.29) is 12.4 Å². The van der Waals surface area contributed by atoms with Crippen LogP contribution in [0.1, 0.15) is 13.8 Å². The lowest BCUT2D eigenvalue weighted by atomic mass is 10.00. The third kappa shape index (κ3) is 3.13. The van der Waals surface area contributed by atoms with Crippen molar-refractivity contribution in [3.05, 3.63) is 24.3 Å². The second kappa shape index (κ2) is 3.85. The molecular formula is C10H14O3. The molecule has 3 nitrogen and oxygen atoms in total. The van der Waals surface area contributed by atoms with Gasteiger partial charge in [0.2, 0.25) is 0 Å². The number of carbonyl (C=O) groups excluding carboxylic acids is 1. The maximum atomic E-state index is 10.8. The molecule has 0 bridgehead atoms. The molecule has 0 aromatic rings. The van der Waals surface area contributed by atoms with E-state index in [1.807, 2.05) is 6.92 Å². The second-order valence-electron chi connectivity index (χ2n) is 3.41. The average Bonchev–Trinajstić information content (AvgIpc) is 2.08. The Kier molecular flexibility index (Phi) is 3.01. The predicted molar refractivity (Wildman–Crippen MR) is 49.3 cm³/mol. The minimum Gasteiger partial charge on any atom is -0.391 e. The fraction of sp³-hybridized carbons (Fsp3) is 0.500. The maximum absolute atomic E-state index is 10.8. The molecule has 0 radical (unpaired) electrons. The van der Waals surface area contributed by atoms with Gasteiger partial charge >= 0.3 is 0 Å². The van der Waals surface area contributed by atoms with Crippen LogP contribution in [0.5, 0.6) is 0 Å². The van der Waals surface area contributed by atoms with E-state index in [4.69, 9.17) is 9.84 Å². The minimum absolute atomic E-state index is 0.0295. The molecule has 1 N–H and O–H groups in total. The summed E-state index contributed by atoms with van der Waals surface area (Å²) < 4.78 is 5.40. The van der Waals surface area contributed by atoms with Crippen LogP contribution >= 0.6 is 0 Å². The summed E-state index contributed by atoms with van der Waals surface area (Å²) in [4.78, 5) is 10.8. The van der Waals surface area contributed by atoms with Crippen LogP contribution in [0, 0.1) is 0 Å². The number of aliphatic hydroxyl groups is 1. The van der Waals surface area contributed by atoms with E-state index >= 15 is 0 Å². The Bertz CT molecular complexity index is 235. The molecule has 0 unspecified atom stereocenters. The van der Waals surface area contributed by atoms with Gasteiger partial charge in [-0.15, -0.1) is 0 Å². The molecule has 72 valence electrons. The van der Waals surface area contributed by atoms with Gasteiger partial charge in [0.05, 0.1) is 12.7 Å². The molecule has 3 heteroatoms. The van der Waals surface area contributed by atoms with Gasteiger partial charge in [0.25, 0.3) is 0 Å². The molecule has 1 aliphatic rings. The van der Waals surface area contributed by atoms with Gasteiger partial charge in [0.15, 0.2) is 5.78 Å². The Morgan fingerprint density at radius 1 is 1.54 bits per heavy atom. The summed E-state index contributed by atoms with van der Waals surface area (Å²) in [5, 5.41) is 9.01. The van der Waals surface area contributed by atoms with Crippen molar-refractivity contribution in [3.8, 4) is 0 Å². The smallest absolute Gasteiger partial charge is 0.178 e. The van der Waals surface area contributed by atoms with Crippen LogP contribution in [0.3, 0.4) is 0 Å². The van der Waals surface area contributed by atoms with Crippen LogP contribution in [-0.2, 0) is 9.53 Å². The molecule has 0 heterocycles. The average molecular weight is 182 g/mol. The second-order valence-corrected chi connectivity index (χ2v) is 3.41. The number of allylic oxidation sites excluding steroid dienone is 2. The molecule has 1 atom stereocenters. The third-order valence-corrected chi connectivity index (χ3v) is 1.79. The summed E-state index contributed by atoms with van der Waals surface area (Å²) in [6.45, 7) is 3.76. The lowest BCUT2D eigenvalue weighted by molar-refractivity contribution is -0.111. The fourth-order valence-corrected chi connectivity index (χ4v) is 1.00. The van der Waals surface area contributed by atoms with Crippen molar-refractivity contribution in [2.24, 2.45) is 0 Å². The number of ether oxygens (including phenoxy) is 1. The summed E-state index contributed by atoms with van der Waals surface area (Å²) in [5.41, 5.74) is -0.551. The zero-order chi connectivity index (χ0) is 9.90. The summed E-state index contributed by atoms with van der Waals surface area (Å²) in [6.07, 6.45) is 5.84. The molecule has 0 saturated carbocycles. The third-order valence-electron chi connectivity index (χ3n) is 1.79. The lowest BCUT2D eigenvalue weighted by Crippen LogP contribution is -2.29. The normalized spacial score (nSPS) is 21.9. The van der Waals surface area contributed by atoms with Crippen molar-refractivity contribution in [3.63, 3.8) is 0 Å². The molecule has 0 spiro atoms. The highest BCUT2D eigenvalue weighted by atomic mass is 16.5. The van der Waals surface area contributed by atoms with E-state index in [0.29, 0.717) is 0 Å². The van der Waals surface area contributed by atoms with E-state index in [1.54, 1.807) is 19.1 Å². The molecule has 0 saturated heterocycles. The molecule has 0 aromatic heterocycles. The quantitative estimate of drug-likeness (QED) is 0.703. The van der Waals surface area contributed by atoms with E-state index in [2.05, 4.69) is 0 Å². The van der Waals surface area contributed by atoms with Crippen molar-refractivity contribution in [1.82, 2.24) is 0 Å². The monoisotopic (exact) mass is 182 g/mol. The largest absolute Gasteiger partial charge is 0.391 e. The molecule has 0 aliphatic heterocycles. The SMILES string of the molecule is C[C@@H](O)COC1(C)C=CC(=O)C=C1. The van der Waals surface area contributed by atoms with Gasteiger partial charge in [-0.3, -0.25) is 4.79 Å². The number of rotatable bonds is 3. The molecule has 13 heavy (non-hydrogen) atoms. The van der Waals surface area contributed by atoms with Crippen molar-refractivity contribution < 1.29 is 14.6 Å². The topological polar surface area (TPSA) is 46.5 Å². The summed E-state index contributed by atoms with van der Waals surface area (Å²) in [5.74, 6) is -0.0295. The van der Waals surface area contributed by atoms with Crippen molar-refractivity contribution >= 4 is 5.78 Å². The first-order chi connectivity index (χ1) is 6.02. The zero-order valence-electron chi connectivity index (χ0n) is 7.86. The lowest BCUT2D eigenvalue weighted by Gasteiger charge is -2.25. The molecule has 0 fully saturated rings.